The van der Waals surface area contributed by atoms with Crippen molar-refractivity contribution in [1.82, 2.24) is 10.2 Å². The molecule has 0 saturated carbocycles. The van der Waals surface area contributed by atoms with Gasteiger partial charge in [-0.05, 0) is 45.4 Å². The Labute approximate surface area is 133 Å². The first kappa shape index (κ1) is 16.8. The minimum Gasteiger partial charge on any atom is -0.444 e. The summed E-state index contributed by atoms with van der Waals surface area (Å²) in [7, 11) is 0. The molecule has 1 aromatic rings. The Kier molecular flexibility index (Phi) is 5.12. The van der Waals surface area contributed by atoms with E-state index in [0.29, 0.717) is 12.0 Å². The van der Waals surface area contributed by atoms with Crippen molar-refractivity contribution in [3.8, 4) is 0 Å². The first-order chi connectivity index (χ1) is 10.3. The zero-order valence-electron chi connectivity index (χ0n) is 14.3. The van der Waals surface area contributed by atoms with Crippen molar-refractivity contribution in [3.63, 3.8) is 0 Å². The molecule has 0 bridgehead atoms. The van der Waals surface area contributed by atoms with Gasteiger partial charge in [-0.15, -0.1) is 0 Å². The summed E-state index contributed by atoms with van der Waals surface area (Å²) in [6.07, 6.45) is -0.207. The first-order valence-corrected chi connectivity index (χ1v) is 8.11. The molecule has 1 aliphatic rings. The van der Waals surface area contributed by atoms with E-state index in [9.17, 15) is 4.79 Å². The summed E-state index contributed by atoms with van der Waals surface area (Å²) in [4.78, 5) is 13.7. The van der Waals surface area contributed by atoms with Crippen molar-refractivity contribution in [1.29, 1.82) is 0 Å². The SMILES string of the molecule is CCNC(C)c1ccc(C2CN(C(=O)OC(C)(C)C)C2)cc1. The fraction of sp³-hybridized carbons (Fsp3) is 0.611. The average molecular weight is 304 g/mol. The summed E-state index contributed by atoms with van der Waals surface area (Å²) < 4.78 is 5.38. The van der Waals surface area contributed by atoms with Gasteiger partial charge in [0, 0.05) is 25.0 Å². The van der Waals surface area contributed by atoms with Gasteiger partial charge in [0.2, 0.25) is 0 Å². The number of nitrogens with one attached hydrogen (secondary N) is 1. The van der Waals surface area contributed by atoms with Gasteiger partial charge < -0.3 is 15.0 Å². The number of hydrogen-bond acceptors (Lipinski definition) is 3. The molecule has 122 valence electrons. The highest BCUT2D eigenvalue weighted by Gasteiger charge is 2.34. The van der Waals surface area contributed by atoms with Gasteiger partial charge in [-0.25, -0.2) is 4.79 Å². The van der Waals surface area contributed by atoms with Gasteiger partial charge in [-0.1, -0.05) is 31.2 Å². The molecule has 1 saturated heterocycles. The molecular weight excluding hydrogens is 276 g/mol. The molecule has 0 radical (unpaired) electrons. The Hall–Kier alpha value is -1.55. The number of hydrogen-bond donors (Lipinski definition) is 1. The minimum absolute atomic E-state index is 0.207. The Morgan fingerprint density at radius 2 is 1.91 bits per heavy atom. The van der Waals surface area contributed by atoms with Gasteiger partial charge in [-0.3, -0.25) is 0 Å². The van der Waals surface area contributed by atoms with Crippen LogP contribution in [0, 0.1) is 0 Å². The predicted molar refractivity (Wildman–Crippen MR) is 89.1 cm³/mol. The minimum atomic E-state index is -0.424. The molecule has 1 unspecified atom stereocenters. The lowest BCUT2D eigenvalue weighted by molar-refractivity contribution is 0.00819. The van der Waals surface area contributed by atoms with Crippen LogP contribution >= 0.6 is 0 Å². The Morgan fingerprint density at radius 3 is 2.41 bits per heavy atom. The van der Waals surface area contributed by atoms with E-state index in [1.54, 1.807) is 4.90 Å². The van der Waals surface area contributed by atoms with Crippen molar-refractivity contribution >= 4 is 6.09 Å². The molecule has 4 nitrogen and oxygen atoms in total. The van der Waals surface area contributed by atoms with Gasteiger partial charge in [0.15, 0.2) is 0 Å². The van der Waals surface area contributed by atoms with Crippen LogP contribution in [0.4, 0.5) is 4.79 Å². The summed E-state index contributed by atoms with van der Waals surface area (Å²) in [6, 6.07) is 9.09. The molecule has 2 rings (SSSR count). The Balaban J connectivity index is 1.87. The normalized spacial score (nSPS) is 17.0. The first-order valence-electron chi connectivity index (χ1n) is 8.11. The second-order valence-corrected chi connectivity index (χ2v) is 7.03. The molecule has 0 aromatic heterocycles. The molecular formula is C18H28N2O2. The number of rotatable bonds is 4. The van der Waals surface area contributed by atoms with E-state index in [1.807, 2.05) is 20.8 Å². The van der Waals surface area contributed by atoms with Crippen LogP contribution < -0.4 is 5.32 Å². The highest BCUT2D eigenvalue weighted by molar-refractivity contribution is 5.69. The molecule has 1 amide bonds. The number of nitrogens with zero attached hydrogens (tertiary/aromatic N) is 1. The van der Waals surface area contributed by atoms with Gasteiger partial charge in [0.25, 0.3) is 0 Å². The molecule has 1 aliphatic heterocycles. The van der Waals surface area contributed by atoms with E-state index < -0.39 is 5.60 Å². The third kappa shape index (κ3) is 4.23. The van der Waals surface area contributed by atoms with Gasteiger partial charge in [0.1, 0.15) is 5.60 Å². The topological polar surface area (TPSA) is 41.6 Å². The van der Waals surface area contributed by atoms with Crippen molar-refractivity contribution in [2.24, 2.45) is 0 Å². The quantitative estimate of drug-likeness (QED) is 0.922. The molecule has 1 fully saturated rings. The maximum absolute atomic E-state index is 11.9. The third-order valence-corrected chi connectivity index (χ3v) is 3.95. The fourth-order valence-corrected chi connectivity index (χ4v) is 2.65. The number of benzene rings is 1. The number of carbonyl (C=O) groups is 1. The van der Waals surface area contributed by atoms with Crippen LogP contribution in [0.2, 0.25) is 0 Å². The average Bonchev–Trinajstić information content (AvgIpc) is 2.36. The van der Waals surface area contributed by atoms with Gasteiger partial charge in [0.05, 0.1) is 0 Å². The van der Waals surface area contributed by atoms with Crippen molar-refractivity contribution in [2.75, 3.05) is 19.6 Å². The largest absolute Gasteiger partial charge is 0.444 e. The van der Waals surface area contributed by atoms with Crippen LogP contribution in [-0.2, 0) is 4.74 Å². The van der Waals surface area contributed by atoms with Crippen LogP contribution in [0.1, 0.15) is 57.7 Å². The molecule has 0 spiro atoms. The highest BCUT2D eigenvalue weighted by atomic mass is 16.6. The zero-order chi connectivity index (χ0) is 16.3. The maximum atomic E-state index is 11.9. The molecule has 1 heterocycles. The van der Waals surface area contributed by atoms with E-state index in [4.69, 9.17) is 4.74 Å². The summed E-state index contributed by atoms with van der Waals surface area (Å²) in [6.45, 7) is 12.4. The predicted octanol–water partition coefficient (Wildman–Crippen LogP) is 3.69. The molecule has 0 aliphatic carbocycles. The molecule has 4 heteroatoms. The number of ether oxygens (including phenoxy) is 1. The second kappa shape index (κ2) is 6.69. The van der Waals surface area contributed by atoms with Crippen LogP contribution in [0.5, 0.6) is 0 Å². The summed E-state index contributed by atoms with van der Waals surface area (Å²) in [5.74, 6) is 0.427. The lowest BCUT2D eigenvalue weighted by Gasteiger charge is -2.40. The van der Waals surface area contributed by atoms with Crippen LogP contribution in [0.15, 0.2) is 24.3 Å². The number of amides is 1. The summed E-state index contributed by atoms with van der Waals surface area (Å²) in [5.41, 5.74) is 2.17. The number of carbonyl (C=O) groups excluding carboxylic acids is 1. The van der Waals surface area contributed by atoms with E-state index in [1.165, 1.54) is 11.1 Å². The summed E-state index contributed by atoms with van der Waals surface area (Å²) >= 11 is 0. The molecule has 1 atom stereocenters. The van der Waals surface area contributed by atoms with Gasteiger partial charge in [-0.2, -0.15) is 0 Å². The van der Waals surface area contributed by atoms with Crippen LogP contribution in [0.3, 0.4) is 0 Å². The van der Waals surface area contributed by atoms with Crippen LogP contribution in [0.25, 0.3) is 0 Å². The maximum Gasteiger partial charge on any atom is 0.410 e. The van der Waals surface area contributed by atoms with Crippen molar-refractivity contribution in [2.45, 2.75) is 52.2 Å². The Bertz CT molecular complexity index is 499. The van der Waals surface area contributed by atoms with Crippen molar-refractivity contribution in [3.05, 3.63) is 35.4 Å². The fourth-order valence-electron chi connectivity index (χ4n) is 2.65. The van der Waals surface area contributed by atoms with Crippen molar-refractivity contribution < 1.29 is 9.53 Å². The second-order valence-electron chi connectivity index (χ2n) is 7.03. The highest BCUT2D eigenvalue weighted by Crippen LogP contribution is 2.29. The Morgan fingerprint density at radius 1 is 1.32 bits per heavy atom. The number of likely N-dealkylation sites (tertiary alicyclic amines) is 1. The monoisotopic (exact) mass is 304 g/mol. The lowest BCUT2D eigenvalue weighted by Crippen LogP contribution is -2.50. The zero-order valence-corrected chi connectivity index (χ0v) is 14.3. The van der Waals surface area contributed by atoms with E-state index in [2.05, 4.69) is 43.4 Å². The van der Waals surface area contributed by atoms with E-state index >= 15 is 0 Å². The lowest BCUT2D eigenvalue weighted by atomic mass is 9.90. The van der Waals surface area contributed by atoms with E-state index in [0.717, 1.165) is 19.6 Å². The van der Waals surface area contributed by atoms with E-state index in [-0.39, 0.29) is 6.09 Å². The molecule has 22 heavy (non-hydrogen) atoms. The molecule has 1 aromatic carbocycles. The van der Waals surface area contributed by atoms with Crippen LogP contribution in [-0.4, -0.2) is 36.2 Å². The molecule has 1 N–H and O–H groups in total. The summed E-state index contributed by atoms with van der Waals surface area (Å²) in [5, 5.41) is 3.41. The smallest absolute Gasteiger partial charge is 0.410 e. The van der Waals surface area contributed by atoms with Gasteiger partial charge >= 0.3 is 6.09 Å². The standard InChI is InChI=1S/C18H28N2O2/c1-6-19-13(2)14-7-9-15(10-8-14)16-11-20(12-16)17(21)22-18(3,4)5/h7-10,13,16,19H,6,11-12H2,1-5H3. The third-order valence-electron chi connectivity index (χ3n) is 3.95.